The number of nitrogens with two attached hydrogens (primary N) is 1. The topological polar surface area (TPSA) is 55.0 Å². The van der Waals surface area contributed by atoms with Gasteiger partial charge in [0.05, 0.1) is 11.4 Å². The van der Waals surface area contributed by atoms with E-state index in [1.807, 2.05) is 0 Å². The molecule has 0 saturated heterocycles. The molecule has 1 aromatic heterocycles. The molecule has 0 atom stereocenters. The third-order valence-electron chi connectivity index (χ3n) is 1.87. The van der Waals surface area contributed by atoms with Crippen LogP contribution in [0.4, 0.5) is 24.7 Å². The maximum absolute atomic E-state index is 12.2. The van der Waals surface area contributed by atoms with Crippen molar-refractivity contribution < 1.29 is 13.2 Å². The first-order chi connectivity index (χ1) is 7.20. The lowest BCUT2D eigenvalue weighted by Crippen LogP contribution is -2.32. The molecule has 1 aromatic rings. The lowest BCUT2D eigenvalue weighted by molar-refractivity contribution is -0.119. The highest BCUT2D eigenvalue weighted by Crippen LogP contribution is 2.26. The van der Waals surface area contributed by atoms with Gasteiger partial charge in [-0.3, -0.25) is 0 Å². The summed E-state index contributed by atoms with van der Waals surface area (Å²) in [5.41, 5.74) is 6.02. The summed E-state index contributed by atoms with van der Waals surface area (Å²) < 4.78 is 36.5. The van der Waals surface area contributed by atoms with E-state index in [0.717, 1.165) is 4.90 Å². The van der Waals surface area contributed by atoms with Crippen LogP contribution in [0.25, 0.3) is 0 Å². The molecule has 2 N–H and O–H groups in total. The van der Waals surface area contributed by atoms with Gasteiger partial charge in [0.15, 0.2) is 5.82 Å². The Balaban J connectivity index is 3.04. The number of rotatable bonds is 2. The van der Waals surface area contributed by atoms with Crippen LogP contribution in [0.2, 0.25) is 5.28 Å². The summed E-state index contributed by atoms with van der Waals surface area (Å²) in [6.45, 7) is 0.401. The Bertz CT molecular complexity index is 394. The number of aromatic nitrogens is 2. The fourth-order valence-corrected chi connectivity index (χ4v) is 1.37. The average molecular weight is 255 g/mol. The van der Waals surface area contributed by atoms with E-state index < -0.39 is 12.7 Å². The van der Waals surface area contributed by atoms with E-state index in [-0.39, 0.29) is 16.8 Å². The molecular formula is C8H10ClF3N4. The van der Waals surface area contributed by atoms with E-state index in [9.17, 15) is 13.2 Å². The highest BCUT2D eigenvalue weighted by atomic mass is 35.5. The van der Waals surface area contributed by atoms with Crippen LogP contribution in [0, 0.1) is 6.92 Å². The number of hydrogen-bond acceptors (Lipinski definition) is 4. The zero-order valence-electron chi connectivity index (χ0n) is 8.64. The average Bonchev–Trinajstić information content (AvgIpc) is 2.08. The first kappa shape index (κ1) is 12.8. The molecule has 4 nitrogen and oxygen atoms in total. The highest BCUT2D eigenvalue weighted by molar-refractivity contribution is 6.28. The van der Waals surface area contributed by atoms with Gasteiger partial charge in [-0.2, -0.15) is 18.2 Å². The van der Waals surface area contributed by atoms with Gasteiger partial charge in [-0.15, -0.1) is 0 Å². The van der Waals surface area contributed by atoms with Crippen LogP contribution in [-0.2, 0) is 0 Å². The first-order valence-electron chi connectivity index (χ1n) is 4.28. The maximum atomic E-state index is 12.2. The van der Waals surface area contributed by atoms with Gasteiger partial charge in [-0.05, 0) is 18.5 Å². The van der Waals surface area contributed by atoms with Gasteiger partial charge in [0.2, 0.25) is 5.28 Å². The maximum Gasteiger partial charge on any atom is 0.405 e. The molecule has 0 aliphatic rings. The van der Waals surface area contributed by atoms with Gasteiger partial charge in [-0.25, -0.2) is 4.98 Å². The first-order valence-corrected chi connectivity index (χ1v) is 4.66. The number of halogens is 4. The summed E-state index contributed by atoms with van der Waals surface area (Å²) in [7, 11) is 1.24. The normalized spacial score (nSPS) is 11.6. The summed E-state index contributed by atoms with van der Waals surface area (Å²) in [6.07, 6.45) is -4.33. The van der Waals surface area contributed by atoms with E-state index in [2.05, 4.69) is 9.97 Å². The van der Waals surface area contributed by atoms with E-state index in [1.165, 1.54) is 7.05 Å². The van der Waals surface area contributed by atoms with Gasteiger partial charge < -0.3 is 10.6 Å². The fraction of sp³-hybridized carbons (Fsp3) is 0.500. The molecule has 0 aliphatic heterocycles. The molecule has 0 bridgehead atoms. The van der Waals surface area contributed by atoms with E-state index >= 15 is 0 Å². The Morgan fingerprint density at radius 1 is 1.38 bits per heavy atom. The van der Waals surface area contributed by atoms with Crippen molar-refractivity contribution >= 4 is 23.1 Å². The third kappa shape index (κ3) is 3.13. The van der Waals surface area contributed by atoms with Crippen molar-refractivity contribution in [2.24, 2.45) is 0 Å². The van der Waals surface area contributed by atoms with Crippen LogP contribution in [0.15, 0.2) is 0 Å². The van der Waals surface area contributed by atoms with E-state index in [0.29, 0.717) is 5.69 Å². The van der Waals surface area contributed by atoms with Crippen LogP contribution in [0.5, 0.6) is 0 Å². The number of alkyl halides is 3. The molecule has 90 valence electrons. The fourth-order valence-electron chi connectivity index (χ4n) is 1.17. The second-order valence-electron chi connectivity index (χ2n) is 3.29. The lowest BCUT2D eigenvalue weighted by Gasteiger charge is -2.21. The Morgan fingerprint density at radius 2 is 1.94 bits per heavy atom. The van der Waals surface area contributed by atoms with Gasteiger partial charge in [0, 0.05) is 7.05 Å². The highest BCUT2D eigenvalue weighted by Gasteiger charge is 2.30. The van der Waals surface area contributed by atoms with Crippen LogP contribution in [0.3, 0.4) is 0 Å². The van der Waals surface area contributed by atoms with Gasteiger partial charge in [0.1, 0.15) is 6.54 Å². The predicted octanol–water partition coefficient (Wildman–Crippen LogP) is 2.02. The molecule has 0 radical (unpaired) electrons. The number of aryl methyl sites for hydroxylation is 1. The second-order valence-corrected chi connectivity index (χ2v) is 3.62. The molecule has 0 fully saturated rings. The summed E-state index contributed by atoms with van der Waals surface area (Å²) in [4.78, 5) is 8.29. The molecule has 0 aliphatic carbocycles. The van der Waals surface area contributed by atoms with Crippen LogP contribution in [0.1, 0.15) is 5.69 Å². The Labute approximate surface area is 95.2 Å². The number of anilines is 2. The summed E-state index contributed by atoms with van der Waals surface area (Å²) in [5.74, 6) is -0.0187. The SMILES string of the molecule is Cc1nc(Cl)nc(N(C)CC(F)(F)F)c1N. The molecule has 0 spiro atoms. The molecule has 0 saturated carbocycles. The monoisotopic (exact) mass is 254 g/mol. The predicted molar refractivity (Wildman–Crippen MR) is 55.5 cm³/mol. The van der Waals surface area contributed by atoms with Gasteiger partial charge in [0.25, 0.3) is 0 Å². The summed E-state index contributed by atoms with van der Waals surface area (Å²) >= 11 is 5.55. The zero-order chi connectivity index (χ0) is 12.5. The largest absolute Gasteiger partial charge is 0.405 e. The van der Waals surface area contributed by atoms with Crippen molar-refractivity contribution in [1.29, 1.82) is 0 Å². The molecule has 16 heavy (non-hydrogen) atoms. The summed E-state index contributed by atoms with van der Waals surface area (Å²) in [6, 6.07) is 0. The van der Waals surface area contributed by atoms with E-state index in [4.69, 9.17) is 17.3 Å². The Kier molecular flexibility index (Phi) is 3.47. The molecule has 1 heterocycles. The van der Waals surface area contributed by atoms with Crippen molar-refractivity contribution in [1.82, 2.24) is 9.97 Å². The minimum absolute atomic E-state index is 0.0187. The molecule has 0 aromatic carbocycles. The van der Waals surface area contributed by atoms with Crippen LogP contribution in [-0.4, -0.2) is 29.7 Å². The van der Waals surface area contributed by atoms with Crippen molar-refractivity contribution in [3.63, 3.8) is 0 Å². The quantitative estimate of drug-likeness (QED) is 0.821. The molecule has 0 unspecified atom stereocenters. The minimum atomic E-state index is -4.33. The third-order valence-corrected chi connectivity index (χ3v) is 2.04. The minimum Gasteiger partial charge on any atom is -0.394 e. The second kappa shape index (κ2) is 4.32. The molecular weight excluding hydrogens is 245 g/mol. The summed E-state index contributed by atoms with van der Waals surface area (Å²) in [5, 5.41) is -0.129. The lowest BCUT2D eigenvalue weighted by atomic mass is 10.3. The number of nitrogens with zero attached hydrogens (tertiary/aromatic N) is 3. The zero-order valence-corrected chi connectivity index (χ0v) is 9.39. The van der Waals surface area contributed by atoms with Crippen LogP contribution >= 0.6 is 11.6 Å². The molecule has 8 heteroatoms. The Hall–Kier alpha value is -1.24. The van der Waals surface area contributed by atoms with E-state index in [1.54, 1.807) is 6.92 Å². The van der Waals surface area contributed by atoms with Crippen LogP contribution < -0.4 is 10.6 Å². The number of nitrogen functional groups attached to an aromatic ring is 1. The van der Waals surface area contributed by atoms with Gasteiger partial charge >= 0.3 is 6.18 Å². The van der Waals surface area contributed by atoms with Gasteiger partial charge in [-0.1, -0.05) is 0 Å². The smallest absolute Gasteiger partial charge is 0.394 e. The standard InChI is InChI=1S/C8H10ClF3N4/c1-4-5(13)6(15-7(9)14-4)16(2)3-8(10,11)12/h3,13H2,1-2H3. The molecule has 0 amide bonds. The Morgan fingerprint density at radius 3 is 2.44 bits per heavy atom. The molecule has 1 rings (SSSR count). The van der Waals surface area contributed by atoms with Crippen molar-refractivity contribution in [2.45, 2.75) is 13.1 Å². The van der Waals surface area contributed by atoms with Crippen molar-refractivity contribution in [2.75, 3.05) is 24.2 Å². The number of hydrogen-bond donors (Lipinski definition) is 1. The van der Waals surface area contributed by atoms with Crippen molar-refractivity contribution in [3.05, 3.63) is 11.0 Å². The van der Waals surface area contributed by atoms with Crippen molar-refractivity contribution in [3.8, 4) is 0 Å².